The van der Waals surface area contributed by atoms with Crippen molar-refractivity contribution < 1.29 is 14.3 Å². The number of carbonyl (C=O) groups is 2. The monoisotopic (exact) mass is 436 g/mol. The van der Waals surface area contributed by atoms with Crippen LogP contribution in [0.3, 0.4) is 0 Å². The molecule has 1 N–H and O–H groups in total. The maximum atomic E-state index is 12.1. The maximum absolute atomic E-state index is 12.1. The van der Waals surface area contributed by atoms with E-state index in [1.165, 1.54) is 6.21 Å². The molecule has 0 aliphatic carbocycles. The summed E-state index contributed by atoms with van der Waals surface area (Å²) in [6.45, 7) is 1.95. The largest absolute Gasteiger partial charge is 0.423 e. The molecule has 0 heterocycles. The molecule has 0 saturated heterocycles. The first-order chi connectivity index (χ1) is 13.5. The van der Waals surface area contributed by atoms with Gasteiger partial charge in [-0.1, -0.05) is 29.8 Å². The quantitative estimate of drug-likeness (QED) is 0.271. The van der Waals surface area contributed by atoms with Crippen LogP contribution in [0.2, 0.25) is 0 Å². The topological polar surface area (TPSA) is 67.8 Å². The number of halogens is 1. The van der Waals surface area contributed by atoms with Gasteiger partial charge in [0.15, 0.2) is 0 Å². The van der Waals surface area contributed by atoms with Gasteiger partial charge in [-0.3, -0.25) is 4.79 Å². The normalized spacial score (nSPS) is 10.6. The Bertz CT molecular complexity index is 1010. The Kier molecular flexibility index (Phi) is 6.34. The van der Waals surface area contributed by atoms with Gasteiger partial charge in [-0.2, -0.15) is 5.10 Å². The van der Waals surface area contributed by atoms with Crippen molar-refractivity contribution in [1.29, 1.82) is 0 Å². The number of ether oxygens (including phenoxy) is 1. The molecule has 0 radical (unpaired) electrons. The van der Waals surface area contributed by atoms with Crippen molar-refractivity contribution in [3.05, 3.63) is 99.5 Å². The smallest absolute Gasteiger partial charge is 0.343 e. The zero-order valence-electron chi connectivity index (χ0n) is 15.1. The molecule has 0 unspecified atom stereocenters. The van der Waals surface area contributed by atoms with Gasteiger partial charge in [0.2, 0.25) is 0 Å². The standard InChI is InChI=1S/C22H17BrN2O3/c1-15-6-10-17(11-7-15)22(27)28-18-12-8-16(9-13-18)14-24-25-21(26)19-4-2-3-5-20(19)23/h2-14H,1H3,(H,25,26)/b24-14+. The highest BCUT2D eigenvalue weighted by molar-refractivity contribution is 9.10. The van der Waals surface area contributed by atoms with E-state index < -0.39 is 5.97 Å². The van der Waals surface area contributed by atoms with E-state index in [4.69, 9.17) is 4.74 Å². The van der Waals surface area contributed by atoms with Gasteiger partial charge in [0.1, 0.15) is 5.75 Å². The lowest BCUT2D eigenvalue weighted by molar-refractivity contribution is 0.0734. The lowest BCUT2D eigenvalue weighted by Gasteiger charge is -2.05. The van der Waals surface area contributed by atoms with Crippen molar-refractivity contribution in [1.82, 2.24) is 5.43 Å². The number of nitrogens with one attached hydrogen (secondary N) is 1. The number of rotatable bonds is 5. The molecule has 0 bridgehead atoms. The lowest BCUT2D eigenvalue weighted by atomic mass is 10.1. The second kappa shape index (κ2) is 9.10. The zero-order chi connectivity index (χ0) is 19.9. The minimum absolute atomic E-state index is 0.313. The van der Waals surface area contributed by atoms with E-state index in [0.29, 0.717) is 21.3 Å². The third-order valence-electron chi connectivity index (χ3n) is 3.88. The molecule has 0 aromatic heterocycles. The molecule has 6 heteroatoms. The molecule has 5 nitrogen and oxygen atoms in total. The SMILES string of the molecule is Cc1ccc(C(=O)Oc2ccc(/C=N/NC(=O)c3ccccc3Br)cc2)cc1. The van der Waals surface area contributed by atoms with Crippen molar-refractivity contribution >= 4 is 34.0 Å². The first-order valence-corrected chi connectivity index (χ1v) is 9.29. The van der Waals surface area contributed by atoms with Crippen molar-refractivity contribution in [3.63, 3.8) is 0 Å². The van der Waals surface area contributed by atoms with Gasteiger partial charge in [0.05, 0.1) is 17.3 Å². The third-order valence-corrected chi connectivity index (χ3v) is 4.57. The van der Waals surface area contributed by atoms with E-state index in [1.54, 1.807) is 54.6 Å². The van der Waals surface area contributed by atoms with Gasteiger partial charge in [0, 0.05) is 4.47 Å². The molecular weight excluding hydrogens is 420 g/mol. The third kappa shape index (κ3) is 5.14. The molecule has 3 aromatic carbocycles. The highest BCUT2D eigenvalue weighted by atomic mass is 79.9. The van der Waals surface area contributed by atoms with Gasteiger partial charge in [-0.15, -0.1) is 0 Å². The summed E-state index contributed by atoms with van der Waals surface area (Å²) in [4.78, 5) is 24.2. The fraction of sp³-hybridized carbons (Fsp3) is 0.0455. The first kappa shape index (κ1) is 19.5. The van der Waals surface area contributed by atoms with Crippen LogP contribution in [0.15, 0.2) is 82.4 Å². The molecule has 28 heavy (non-hydrogen) atoms. The highest BCUT2D eigenvalue weighted by Gasteiger charge is 2.09. The number of benzene rings is 3. The van der Waals surface area contributed by atoms with Crippen LogP contribution in [-0.2, 0) is 0 Å². The number of esters is 1. The van der Waals surface area contributed by atoms with Gasteiger partial charge < -0.3 is 4.74 Å². The van der Waals surface area contributed by atoms with E-state index in [0.717, 1.165) is 11.1 Å². The number of hydrogen-bond acceptors (Lipinski definition) is 4. The fourth-order valence-electron chi connectivity index (χ4n) is 2.35. The molecular formula is C22H17BrN2O3. The second-order valence-electron chi connectivity index (χ2n) is 6.00. The van der Waals surface area contributed by atoms with Gasteiger partial charge in [0.25, 0.3) is 5.91 Å². The molecule has 140 valence electrons. The number of hydrazone groups is 1. The number of nitrogens with zero attached hydrogens (tertiary/aromatic N) is 1. The summed E-state index contributed by atoms with van der Waals surface area (Å²) >= 11 is 3.33. The molecule has 1 amide bonds. The van der Waals surface area contributed by atoms with Crippen molar-refractivity contribution in [2.24, 2.45) is 5.10 Å². The molecule has 0 aliphatic heterocycles. The predicted molar refractivity (Wildman–Crippen MR) is 112 cm³/mol. The van der Waals surface area contributed by atoms with Crippen LogP contribution < -0.4 is 10.2 Å². The Labute approximate surface area is 171 Å². The lowest BCUT2D eigenvalue weighted by Crippen LogP contribution is -2.18. The average Bonchev–Trinajstić information content (AvgIpc) is 2.70. The Morgan fingerprint density at radius 3 is 2.32 bits per heavy atom. The Morgan fingerprint density at radius 1 is 0.964 bits per heavy atom. The zero-order valence-corrected chi connectivity index (χ0v) is 16.6. The summed E-state index contributed by atoms with van der Waals surface area (Å²) in [6, 6.07) is 21.1. The summed E-state index contributed by atoms with van der Waals surface area (Å²) < 4.78 is 6.05. The van der Waals surface area contributed by atoms with Crippen LogP contribution in [0.25, 0.3) is 0 Å². The number of amides is 1. The van der Waals surface area contributed by atoms with Crippen molar-refractivity contribution in [2.45, 2.75) is 6.92 Å². The van der Waals surface area contributed by atoms with E-state index >= 15 is 0 Å². The molecule has 0 fully saturated rings. The van der Waals surface area contributed by atoms with Crippen LogP contribution in [-0.4, -0.2) is 18.1 Å². The molecule has 0 spiro atoms. The van der Waals surface area contributed by atoms with Crippen LogP contribution in [0.5, 0.6) is 5.75 Å². The van der Waals surface area contributed by atoms with Crippen LogP contribution in [0.4, 0.5) is 0 Å². The van der Waals surface area contributed by atoms with Crippen molar-refractivity contribution in [3.8, 4) is 5.75 Å². The average molecular weight is 437 g/mol. The van der Waals surface area contributed by atoms with Gasteiger partial charge in [-0.05, 0) is 76.9 Å². The van der Waals surface area contributed by atoms with Gasteiger partial charge >= 0.3 is 5.97 Å². The summed E-state index contributed by atoms with van der Waals surface area (Å²) in [6.07, 6.45) is 1.51. The Balaban J connectivity index is 1.57. The number of carbonyl (C=O) groups excluding carboxylic acids is 2. The van der Waals surface area contributed by atoms with Gasteiger partial charge in [-0.25, -0.2) is 10.2 Å². The number of aryl methyl sites for hydroxylation is 1. The summed E-state index contributed by atoms with van der Waals surface area (Å²) in [5, 5.41) is 3.95. The summed E-state index contributed by atoms with van der Waals surface area (Å²) in [5.41, 5.74) is 5.29. The summed E-state index contributed by atoms with van der Waals surface area (Å²) in [7, 11) is 0. The van der Waals surface area contributed by atoms with E-state index in [2.05, 4.69) is 26.5 Å². The molecule has 0 atom stereocenters. The van der Waals surface area contributed by atoms with Crippen molar-refractivity contribution in [2.75, 3.05) is 0 Å². The molecule has 3 aromatic rings. The predicted octanol–water partition coefficient (Wildman–Crippen LogP) is 4.74. The minimum atomic E-state index is -0.415. The fourth-order valence-corrected chi connectivity index (χ4v) is 2.81. The molecule has 0 saturated carbocycles. The maximum Gasteiger partial charge on any atom is 0.343 e. The first-order valence-electron chi connectivity index (χ1n) is 8.50. The Hall–Kier alpha value is -3.25. The van der Waals surface area contributed by atoms with Crippen LogP contribution in [0, 0.1) is 6.92 Å². The Morgan fingerprint density at radius 2 is 1.64 bits per heavy atom. The van der Waals surface area contributed by atoms with E-state index in [9.17, 15) is 9.59 Å². The van der Waals surface area contributed by atoms with E-state index in [-0.39, 0.29) is 5.91 Å². The highest BCUT2D eigenvalue weighted by Crippen LogP contribution is 2.16. The molecule has 3 rings (SSSR count). The molecule has 0 aliphatic rings. The van der Waals surface area contributed by atoms with Crippen LogP contribution >= 0.6 is 15.9 Å². The van der Waals surface area contributed by atoms with E-state index in [1.807, 2.05) is 25.1 Å². The summed E-state index contributed by atoms with van der Waals surface area (Å²) in [5.74, 6) is -0.297. The minimum Gasteiger partial charge on any atom is -0.423 e. The number of hydrogen-bond donors (Lipinski definition) is 1. The van der Waals surface area contributed by atoms with Crippen LogP contribution in [0.1, 0.15) is 31.8 Å². The second-order valence-corrected chi connectivity index (χ2v) is 6.86.